The van der Waals surface area contributed by atoms with Crippen LogP contribution < -0.4 is 10.6 Å². The maximum atomic E-state index is 12.9. The number of pyridine rings is 1. The maximum Gasteiger partial charge on any atom is 0.433 e. The number of aromatic carboxylic acids is 1. The zero-order chi connectivity index (χ0) is 25.9. The molecule has 11 heteroatoms. The van der Waals surface area contributed by atoms with Crippen LogP contribution in [0.2, 0.25) is 0 Å². The second-order valence-corrected chi connectivity index (χ2v) is 8.16. The number of nitrogens with zero attached hydrogens (tertiary/aromatic N) is 2. The minimum Gasteiger partial charge on any atom is -0.478 e. The number of benzene rings is 2. The molecule has 3 N–H and O–H groups in total. The van der Waals surface area contributed by atoms with Crippen molar-refractivity contribution in [3.8, 4) is 11.1 Å². The molecule has 0 aliphatic carbocycles. The van der Waals surface area contributed by atoms with Crippen molar-refractivity contribution in [3.63, 3.8) is 0 Å². The Morgan fingerprint density at radius 3 is 2.06 bits per heavy atom. The quantitative estimate of drug-likeness (QED) is 0.453. The van der Waals surface area contributed by atoms with Crippen LogP contribution in [0.1, 0.15) is 28.9 Å². The standard InChI is InChI=1S/C25H21F3N4O4/c26-25(27,28)21-12-11-19(14-29-21)31-24(36)32-13-1-2-20(32)22(33)30-18-9-7-16(8-10-18)15-3-5-17(6-4-15)23(34)35/h3-12,14,20H,1-2,13H2,(H,30,33)(H,31,36)(H,34,35)/t20-/m1/s1. The van der Waals surface area contributed by atoms with Crippen LogP contribution in [0.4, 0.5) is 29.3 Å². The molecule has 3 aromatic rings. The second kappa shape index (κ2) is 10.1. The fraction of sp³-hybridized carbons (Fsp3) is 0.200. The third kappa shape index (κ3) is 5.62. The Balaban J connectivity index is 1.37. The number of carbonyl (C=O) groups is 3. The van der Waals surface area contributed by atoms with Gasteiger partial charge in [0.1, 0.15) is 11.7 Å². The first-order valence-corrected chi connectivity index (χ1v) is 11.0. The fourth-order valence-electron chi connectivity index (χ4n) is 3.89. The van der Waals surface area contributed by atoms with Crippen molar-refractivity contribution in [2.75, 3.05) is 17.2 Å². The molecule has 0 unspecified atom stereocenters. The van der Waals surface area contributed by atoms with Crippen LogP contribution in [0.5, 0.6) is 0 Å². The molecule has 1 aromatic heterocycles. The first-order valence-electron chi connectivity index (χ1n) is 11.0. The molecule has 1 aliphatic heterocycles. The molecule has 1 atom stereocenters. The number of likely N-dealkylation sites (tertiary alicyclic amines) is 1. The van der Waals surface area contributed by atoms with Crippen molar-refractivity contribution in [2.45, 2.75) is 25.1 Å². The van der Waals surface area contributed by atoms with E-state index in [9.17, 15) is 27.6 Å². The molecule has 8 nitrogen and oxygen atoms in total. The van der Waals surface area contributed by atoms with Crippen LogP contribution in [0.25, 0.3) is 11.1 Å². The van der Waals surface area contributed by atoms with Gasteiger partial charge in [0, 0.05) is 12.2 Å². The predicted molar refractivity (Wildman–Crippen MR) is 125 cm³/mol. The van der Waals surface area contributed by atoms with E-state index in [2.05, 4.69) is 15.6 Å². The van der Waals surface area contributed by atoms with Gasteiger partial charge < -0.3 is 20.6 Å². The van der Waals surface area contributed by atoms with E-state index in [-0.39, 0.29) is 17.2 Å². The maximum absolute atomic E-state index is 12.9. The molecule has 186 valence electrons. The largest absolute Gasteiger partial charge is 0.478 e. The molecule has 1 fully saturated rings. The number of nitrogens with one attached hydrogen (secondary N) is 2. The van der Waals surface area contributed by atoms with Crippen LogP contribution in [0.3, 0.4) is 0 Å². The summed E-state index contributed by atoms with van der Waals surface area (Å²) in [6, 6.07) is 13.9. The summed E-state index contributed by atoms with van der Waals surface area (Å²) in [5, 5.41) is 14.3. The highest BCUT2D eigenvalue weighted by atomic mass is 19.4. The molecule has 0 saturated carbocycles. The highest BCUT2D eigenvalue weighted by Gasteiger charge is 2.35. The molecule has 0 radical (unpaired) electrons. The van der Waals surface area contributed by atoms with E-state index in [0.29, 0.717) is 25.1 Å². The lowest BCUT2D eigenvalue weighted by Crippen LogP contribution is -2.45. The monoisotopic (exact) mass is 498 g/mol. The number of carboxylic acids is 1. The highest BCUT2D eigenvalue weighted by molar-refractivity contribution is 5.99. The number of aromatic nitrogens is 1. The molecule has 0 bridgehead atoms. The topological polar surface area (TPSA) is 112 Å². The zero-order valence-corrected chi connectivity index (χ0v) is 18.7. The zero-order valence-electron chi connectivity index (χ0n) is 18.7. The fourth-order valence-corrected chi connectivity index (χ4v) is 3.89. The minimum atomic E-state index is -4.58. The summed E-state index contributed by atoms with van der Waals surface area (Å²) in [5.41, 5.74) is 1.37. The summed E-state index contributed by atoms with van der Waals surface area (Å²) >= 11 is 0. The Labute approximate surface area is 203 Å². The molecular weight excluding hydrogens is 477 g/mol. The smallest absolute Gasteiger partial charge is 0.433 e. The summed E-state index contributed by atoms with van der Waals surface area (Å²) in [6.45, 7) is 0.323. The van der Waals surface area contributed by atoms with E-state index in [0.717, 1.165) is 29.5 Å². The van der Waals surface area contributed by atoms with E-state index in [4.69, 9.17) is 5.11 Å². The van der Waals surface area contributed by atoms with Gasteiger partial charge in [-0.15, -0.1) is 0 Å². The molecule has 4 rings (SSSR count). The van der Waals surface area contributed by atoms with E-state index in [1.54, 1.807) is 36.4 Å². The molecule has 2 heterocycles. The highest BCUT2D eigenvalue weighted by Crippen LogP contribution is 2.28. The van der Waals surface area contributed by atoms with Crippen molar-refractivity contribution in [3.05, 3.63) is 78.1 Å². The number of amides is 3. The molecule has 2 aromatic carbocycles. The van der Waals surface area contributed by atoms with Gasteiger partial charge in [0.2, 0.25) is 5.91 Å². The van der Waals surface area contributed by atoms with Crippen molar-refractivity contribution in [1.29, 1.82) is 0 Å². The van der Waals surface area contributed by atoms with Gasteiger partial charge >= 0.3 is 18.2 Å². The first kappa shape index (κ1) is 24.7. The predicted octanol–water partition coefficient (Wildman–Crippen LogP) is 5.10. The van der Waals surface area contributed by atoms with E-state index >= 15 is 0 Å². The average molecular weight is 498 g/mol. The Hall–Kier alpha value is -4.41. The lowest BCUT2D eigenvalue weighted by molar-refractivity contribution is -0.141. The molecule has 1 aliphatic rings. The van der Waals surface area contributed by atoms with Crippen LogP contribution in [0.15, 0.2) is 66.9 Å². The van der Waals surface area contributed by atoms with Crippen LogP contribution >= 0.6 is 0 Å². The van der Waals surface area contributed by atoms with E-state index in [1.807, 2.05) is 0 Å². The third-order valence-electron chi connectivity index (χ3n) is 5.74. The van der Waals surface area contributed by atoms with Gasteiger partial charge in [0.05, 0.1) is 17.4 Å². The SMILES string of the molecule is O=C(O)c1ccc(-c2ccc(NC(=O)[C@H]3CCCN3C(=O)Nc3ccc(C(F)(F)F)nc3)cc2)cc1. The van der Waals surface area contributed by atoms with Gasteiger partial charge in [-0.25, -0.2) is 14.6 Å². The summed E-state index contributed by atoms with van der Waals surface area (Å²) in [6.07, 6.45) is -2.62. The number of urea groups is 1. The lowest BCUT2D eigenvalue weighted by Gasteiger charge is -2.24. The Kier molecular flexibility index (Phi) is 6.91. The first-order chi connectivity index (χ1) is 17.1. The number of halogens is 3. The van der Waals surface area contributed by atoms with Gasteiger partial charge in [-0.05, 0) is 60.4 Å². The van der Waals surface area contributed by atoms with Crippen LogP contribution in [0, 0.1) is 0 Å². The number of alkyl halides is 3. The molecule has 36 heavy (non-hydrogen) atoms. The van der Waals surface area contributed by atoms with Gasteiger partial charge in [-0.2, -0.15) is 13.2 Å². The second-order valence-electron chi connectivity index (χ2n) is 8.16. The van der Waals surface area contributed by atoms with Crippen molar-refractivity contribution >= 4 is 29.3 Å². The van der Waals surface area contributed by atoms with Gasteiger partial charge in [-0.3, -0.25) is 4.79 Å². The van der Waals surface area contributed by atoms with Crippen LogP contribution in [-0.4, -0.2) is 45.5 Å². The minimum absolute atomic E-state index is 0.0889. The summed E-state index contributed by atoms with van der Waals surface area (Å²) in [7, 11) is 0. The van der Waals surface area contributed by atoms with Gasteiger partial charge in [-0.1, -0.05) is 24.3 Å². The summed E-state index contributed by atoms with van der Waals surface area (Å²) in [4.78, 5) is 41.2. The Bertz CT molecular complexity index is 1260. The van der Waals surface area contributed by atoms with Gasteiger partial charge in [0.25, 0.3) is 0 Å². The normalized spacial score (nSPS) is 15.4. The van der Waals surface area contributed by atoms with Crippen molar-refractivity contribution < 1.29 is 32.7 Å². The van der Waals surface area contributed by atoms with E-state index in [1.165, 1.54) is 17.0 Å². The Morgan fingerprint density at radius 1 is 0.889 bits per heavy atom. The number of hydrogen-bond acceptors (Lipinski definition) is 4. The van der Waals surface area contributed by atoms with Crippen LogP contribution in [-0.2, 0) is 11.0 Å². The third-order valence-corrected chi connectivity index (χ3v) is 5.74. The number of hydrogen-bond donors (Lipinski definition) is 3. The average Bonchev–Trinajstić information content (AvgIpc) is 3.35. The van der Waals surface area contributed by atoms with E-state index < -0.39 is 29.9 Å². The molecular formula is C25H21F3N4O4. The number of carboxylic acid groups (broad SMARTS) is 1. The number of rotatable bonds is 5. The van der Waals surface area contributed by atoms with Crippen molar-refractivity contribution in [2.24, 2.45) is 0 Å². The lowest BCUT2D eigenvalue weighted by atomic mass is 10.0. The molecule has 0 spiro atoms. The number of anilines is 2. The van der Waals surface area contributed by atoms with Gasteiger partial charge in [0.15, 0.2) is 0 Å². The van der Waals surface area contributed by atoms with Crippen molar-refractivity contribution in [1.82, 2.24) is 9.88 Å². The summed E-state index contributed by atoms with van der Waals surface area (Å²) < 4.78 is 38.0. The summed E-state index contributed by atoms with van der Waals surface area (Å²) in [5.74, 6) is -1.39. The Morgan fingerprint density at radius 2 is 1.50 bits per heavy atom. The molecule has 1 saturated heterocycles. The number of carbonyl (C=O) groups excluding carboxylic acids is 2. The molecule has 3 amide bonds.